The lowest BCUT2D eigenvalue weighted by Gasteiger charge is -2.42. The van der Waals surface area contributed by atoms with Crippen LogP contribution >= 0.6 is 0 Å². The number of nitrogens with one attached hydrogen (secondary N) is 1. The third-order valence-electron chi connectivity index (χ3n) is 3.82. The molecule has 1 nitrogen and oxygen atoms in total. The van der Waals surface area contributed by atoms with E-state index in [4.69, 9.17) is 5.73 Å². The first-order valence-corrected chi connectivity index (χ1v) is 6.42. The highest BCUT2D eigenvalue weighted by Gasteiger charge is 2.35. The Hall–Kier alpha value is -0.0400. The first-order valence-electron chi connectivity index (χ1n) is 6.42. The maximum Gasteiger partial charge on any atom is 0.0213 e. The molecule has 1 aliphatic carbocycles. The molecule has 0 amide bonds. The summed E-state index contributed by atoms with van der Waals surface area (Å²) in [5, 5.41) is 0. The van der Waals surface area contributed by atoms with E-state index >= 15 is 0 Å². The fraction of sp³-hybridized carbons (Fsp3) is 1.00. The first kappa shape index (κ1) is 13.0. The lowest BCUT2D eigenvalue weighted by atomic mass is 9.64. The molecule has 1 fully saturated rings. The van der Waals surface area contributed by atoms with Gasteiger partial charge in [0.1, 0.15) is 0 Å². The standard InChI is InChI=1S/C14H28N/c1-13(2,3)10-14(4,5)11-6-8-12(15)9-7-11/h11-12,15H,6-10H2,1-5H3/t11-,12+. The van der Waals surface area contributed by atoms with Crippen LogP contribution in [0, 0.1) is 16.7 Å². The van der Waals surface area contributed by atoms with Gasteiger partial charge in [-0.3, -0.25) is 5.73 Å². The first-order chi connectivity index (χ1) is 6.71. The molecule has 0 atom stereocenters. The molecule has 1 N–H and O–H groups in total. The summed E-state index contributed by atoms with van der Waals surface area (Å²) < 4.78 is 0. The molecular formula is C14H28N. The van der Waals surface area contributed by atoms with Gasteiger partial charge in [0.05, 0.1) is 0 Å². The average molecular weight is 210 g/mol. The molecule has 0 aromatic rings. The van der Waals surface area contributed by atoms with Gasteiger partial charge in [-0.2, -0.15) is 0 Å². The summed E-state index contributed by atoms with van der Waals surface area (Å²) in [7, 11) is 0. The Morgan fingerprint density at radius 1 is 0.933 bits per heavy atom. The van der Waals surface area contributed by atoms with E-state index in [0.29, 0.717) is 10.8 Å². The molecule has 1 rings (SSSR count). The minimum atomic E-state index is 0.228. The van der Waals surface area contributed by atoms with Crippen LogP contribution in [0.5, 0.6) is 0 Å². The van der Waals surface area contributed by atoms with Crippen LogP contribution in [0.15, 0.2) is 0 Å². The fourth-order valence-electron chi connectivity index (χ4n) is 3.39. The Bertz CT molecular complexity index is 192. The van der Waals surface area contributed by atoms with Crippen molar-refractivity contribution >= 4 is 0 Å². The Morgan fingerprint density at radius 2 is 1.40 bits per heavy atom. The Morgan fingerprint density at radius 3 is 1.80 bits per heavy atom. The highest BCUT2D eigenvalue weighted by molar-refractivity contribution is 4.86. The van der Waals surface area contributed by atoms with Gasteiger partial charge in [0, 0.05) is 6.04 Å². The second-order valence-corrected chi connectivity index (χ2v) is 7.27. The van der Waals surface area contributed by atoms with Crippen molar-refractivity contribution in [3.05, 3.63) is 0 Å². The van der Waals surface area contributed by atoms with Gasteiger partial charge in [-0.15, -0.1) is 0 Å². The van der Waals surface area contributed by atoms with Gasteiger partial charge in [-0.25, -0.2) is 0 Å². The van der Waals surface area contributed by atoms with Gasteiger partial charge in [-0.1, -0.05) is 34.6 Å². The molecule has 0 bridgehead atoms. The largest absolute Gasteiger partial charge is 0.255 e. The molecule has 1 heteroatoms. The van der Waals surface area contributed by atoms with Crippen molar-refractivity contribution in [1.29, 1.82) is 0 Å². The van der Waals surface area contributed by atoms with E-state index in [2.05, 4.69) is 34.6 Å². The minimum Gasteiger partial charge on any atom is -0.255 e. The monoisotopic (exact) mass is 210 g/mol. The molecule has 1 radical (unpaired) electrons. The summed E-state index contributed by atoms with van der Waals surface area (Å²) in [4.78, 5) is 0. The summed E-state index contributed by atoms with van der Waals surface area (Å²) >= 11 is 0. The van der Waals surface area contributed by atoms with E-state index in [9.17, 15) is 0 Å². The summed E-state index contributed by atoms with van der Waals surface area (Å²) in [5.41, 5.74) is 8.63. The third kappa shape index (κ3) is 4.14. The van der Waals surface area contributed by atoms with E-state index in [1.54, 1.807) is 0 Å². The van der Waals surface area contributed by atoms with E-state index in [-0.39, 0.29) is 6.04 Å². The normalized spacial score (nSPS) is 29.2. The van der Waals surface area contributed by atoms with Crippen LogP contribution in [0.3, 0.4) is 0 Å². The zero-order chi connectivity index (χ0) is 11.7. The Balaban J connectivity index is 2.54. The molecule has 89 valence electrons. The van der Waals surface area contributed by atoms with Crippen LogP contribution in [0.2, 0.25) is 0 Å². The van der Waals surface area contributed by atoms with Gasteiger partial charge in [0.25, 0.3) is 0 Å². The van der Waals surface area contributed by atoms with Crippen molar-refractivity contribution in [2.45, 2.75) is 72.8 Å². The van der Waals surface area contributed by atoms with Crippen LogP contribution in [0.4, 0.5) is 0 Å². The molecule has 15 heavy (non-hydrogen) atoms. The average Bonchev–Trinajstić information content (AvgIpc) is 2.00. The Labute approximate surface area is 95.8 Å². The van der Waals surface area contributed by atoms with Crippen LogP contribution in [-0.2, 0) is 0 Å². The van der Waals surface area contributed by atoms with E-state index in [1.165, 1.54) is 19.3 Å². The molecule has 0 spiro atoms. The lowest BCUT2D eigenvalue weighted by molar-refractivity contribution is 0.0945. The van der Waals surface area contributed by atoms with Crippen LogP contribution in [0.1, 0.15) is 66.7 Å². The van der Waals surface area contributed by atoms with Gasteiger partial charge < -0.3 is 0 Å². The van der Waals surface area contributed by atoms with Crippen molar-refractivity contribution in [3.63, 3.8) is 0 Å². The zero-order valence-electron chi connectivity index (χ0n) is 11.2. The zero-order valence-corrected chi connectivity index (χ0v) is 11.2. The van der Waals surface area contributed by atoms with Gasteiger partial charge in [-0.05, 0) is 48.9 Å². The van der Waals surface area contributed by atoms with Gasteiger partial charge in [0.15, 0.2) is 0 Å². The lowest BCUT2D eigenvalue weighted by Crippen LogP contribution is -2.33. The summed E-state index contributed by atoms with van der Waals surface area (Å²) in [6, 6.07) is 0.228. The summed E-state index contributed by atoms with van der Waals surface area (Å²) in [6.45, 7) is 11.9. The molecule has 0 unspecified atom stereocenters. The SMILES string of the molecule is CC(C)(C)CC(C)(C)[C@H]1CC[C@@H]([NH])CC1. The highest BCUT2D eigenvalue weighted by atomic mass is 14.6. The molecular weight excluding hydrogens is 182 g/mol. The third-order valence-corrected chi connectivity index (χ3v) is 3.82. The second kappa shape index (κ2) is 4.45. The minimum absolute atomic E-state index is 0.228. The highest BCUT2D eigenvalue weighted by Crippen LogP contribution is 2.44. The number of rotatable bonds is 2. The van der Waals surface area contributed by atoms with Crippen molar-refractivity contribution in [3.8, 4) is 0 Å². The number of hydrogen-bond acceptors (Lipinski definition) is 0. The van der Waals surface area contributed by atoms with Gasteiger partial charge in [0.2, 0.25) is 0 Å². The molecule has 1 saturated carbocycles. The quantitative estimate of drug-likeness (QED) is 0.649. The maximum absolute atomic E-state index is 7.75. The molecule has 1 aliphatic rings. The van der Waals surface area contributed by atoms with Crippen molar-refractivity contribution in [2.24, 2.45) is 16.7 Å². The van der Waals surface area contributed by atoms with E-state index in [1.807, 2.05) is 0 Å². The number of hydrogen-bond donors (Lipinski definition) is 0. The molecule has 0 aromatic carbocycles. The van der Waals surface area contributed by atoms with Crippen molar-refractivity contribution < 1.29 is 0 Å². The summed E-state index contributed by atoms with van der Waals surface area (Å²) in [6.07, 6.45) is 6.10. The maximum atomic E-state index is 7.75. The smallest absolute Gasteiger partial charge is 0.0213 e. The van der Waals surface area contributed by atoms with Crippen LogP contribution in [0.25, 0.3) is 0 Å². The predicted molar refractivity (Wildman–Crippen MR) is 66.7 cm³/mol. The van der Waals surface area contributed by atoms with Crippen LogP contribution in [-0.4, -0.2) is 6.04 Å². The predicted octanol–water partition coefficient (Wildman–Crippen LogP) is 4.29. The second-order valence-electron chi connectivity index (χ2n) is 7.27. The van der Waals surface area contributed by atoms with Crippen molar-refractivity contribution in [1.82, 2.24) is 5.73 Å². The topological polar surface area (TPSA) is 23.8 Å². The van der Waals surface area contributed by atoms with E-state index in [0.717, 1.165) is 18.8 Å². The molecule has 0 aliphatic heterocycles. The van der Waals surface area contributed by atoms with E-state index < -0.39 is 0 Å². The Kier molecular flexibility index (Phi) is 3.86. The molecule has 0 aromatic heterocycles. The van der Waals surface area contributed by atoms with Gasteiger partial charge >= 0.3 is 0 Å². The fourth-order valence-corrected chi connectivity index (χ4v) is 3.39. The molecule has 0 saturated heterocycles. The van der Waals surface area contributed by atoms with Crippen molar-refractivity contribution in [2.75, 3.05) is 0 Å². The van der Waals surface area contributed by atoms with Crippen LogP contribution < -0.4 is 5.73 Å². The molecule has 0 heterocycles. The summed E-state index contributed by atoms with van der Waals surface area (Å²) in [5.74, 6) is 0.846.